The summed E-state index contributed by atoms with van der Waals surface area (Å²) in [7, 11) is -0.943. The standard InChI is InChI=1S/C54H60BN4O9P/c1-52(2,3)66-51(62)43-20-14-19-38(48(43)63-7)29-46(55-67-45-31-40-30-44(53(40,4)5)54(45,6)68-55)57-50(61)47(58-49(60)39-21-24-41-27-28-56-59(41)32-39)37-22-25-42(26-23-37)69(64-33-35-15-10-8-11-16-35)65-34-36-17-12-9-13-18-36/h8-28,32,40,44-47H,29-31,33-34H2,1-7H3,(H,57,61)(H,58,60)/t40?,44?,45?,46?,47?,54-/m0/s1. The van der Waals surface area contributed by atoms with Gasteiger partial charge in [0.25, 0.3) is 5.91 Å². The van der Waals surface area contributed by atoms with Gasteiger partial charge in [-0.2, -0.15) is 5.10 Å². The van der Waals surface area contributed by atoms with Crippen LogP contribution in [0.3, 0.4) is 0 Å². The Morgan fingerprint density at radius 3 is 2.16 bits per heavy atom. The number of hydrogen-bond acceptors (Lipinski definition) is 10. The minimum absolute atomic E-state index is 0.0768. The van der Waals surface area contributed by atoms with Crippen LogP contribution in [0, 0.1) is 17.3 Å². The number of esters is 1. The summed E-state index contributed by atoms with van der Waals surface area (Å²) in [6.07, 6.45) is 5.15. The van der Waals surface area contributed by atoms with Crippen LogP contribution in [-0.2, 0) is 47.5 Å². The Balaban J connectivity index is 1.05. The highest BCUT2D eigenvalue weighted by Crippen LogP contribution is 2.65. The lowest BCUT2D eigenvalue weighted by atomic mass is 9.43. The number of ether oxygens (including phenoxy) is 2. The van der Waals surface area contributed by atoms with Crippen LogP contribution < -0.4 is 20.7 Å². The van der Waals surface area contributed by atoms with Gasteiger partial charge in [0, 0.05) is 17.7 Å². The van der Waals surface area contributed by atoms with Crippen molar-refractivity contribution in [1.29, 1.82) is 0 Å². The molecule has 0 spiro atoms. The maximum atomic E-state index is 15.2. The Kier molecular flexibility index (Phi) is 13.9. The summed E-state index contributed by atoms with van der Waals surface area (Å²) < 4.78 is 40.1. The number of carbonyl (C=O) groups is 3. The second-order valence-corrected chi connectivity index (χ2v) is 21.6. The number of hydrogen-bond donors (Lipinski definition) is 2. The minimum Gasteiger partial charge on any atom is -0.496 e. The van der Waals surface area contributed by atoms with E-state index in [-0.39, 0.29) is 29.4 Å². The van der Waals surface area contributed by atoms with E-state index in [0.717, 1.165) is 34.8 Å². The monoisotopic (exact) mass is 950 g/mol. The molecule has 2 amide bonds. The van der Waals surface area contributed by atoms with Gasteiger partial charge in [0.1, 0.15) is 23.0 Å². The van der Waals surface area contributed by atoms with Crippen LogP contribution in [0.15, 0.2) is 134 Å². The van der Waals surface area contributed by atoms with E-state index in [0.29, 0.717) is 41.6 Å². The van der Waals surface area contributed by atoms with Crippen LogP contribution in [0.5, 0.6) is 5.75 Å². The number of para-hydroxylation sites is 1. The van der Waals surface area contributed by atoms with E-state index in [4.69, 9.17) is 27.8 Å². The molecule has 6 atom stereocenters. The molecular formula is C54H60BN4O9P. The molecule has 10 rings (SSSR count). The van der Waals surface area contributed by atoms with Crippen LogP contribution in [0.1, 0.15) is 103 Å². The maximum Gasteiger partial charge on any atom is 0.482 e. The number of carbonyl (C=O) groups excluding carboxylic acids is 3. The van der Waals surface area contributed by atoms with Crippen molar-refractivity contribution in [2.75, 3.05) is 7.11 Å². The maximum absolute atomic E-state index is 15.2. The number of pyridine rings is 1. The van der Waals surface area contributed by atoms with E-state index in [1.54, 1.807) is 41.2 Å². The number of aromatic nitrogens is 2. The zero-order valence-electron chi connectivity index (χ0n) is 40.2. The summed E-state index contributed by atoms with van der Waals surface area (Å²) in [5, 5.41) is 11.4. The molecule has 3 heterocycles. The van der Waals surface area contributed by atoms with Crippen LogP contribution in [0.2, 0.25) is 0 Å². The average Bonchev–Trinajstić information content (AvgIpc) is 3.97. The Morgan fingerprint density at radius 2 is 1.52 bits per heavy atom. The first-order valence-electron chi connectivity index (χ1n) is 23.6. The normalized spacial score (nSPS) is 21.2. The first kappa shape index (κ1) is 48.2. The van der Waals surface area contributed by atoms with Crippen molar-refractivity contribution in [3.63, 3.8) is 0 Å². The molecule has 3 aliphatic carbocycles. The van der Waals surface area contributed by atoms with Crippen LogP contribution in [0.25, 0.3) is 5.52 Å². The first-order chi connectivity index (χ1) is 33.1. The quantitative estimate of drug-likeness (QED) is 0.0516. The summed E-state index contributed by atoms with van der Waals surface area (Å²) in [5.74, 6) is -1.22. The second-order valence-electron chi connectivity index (χ2n) is 20.0. The van der Waals surface area contributed by atoms with Crippen LogP contribution in [-0.4, -0.2) is 64.9 Å². The molecular weight excluding hydrogens is 890 g/mol. The summed E-state index contributed by atoms with van der Waals surface area (Å²) >= 11 is 0. The molecule has 2 aromatic heterocycles. The van der Waals surface area contributed by atoms with E-state index < -0.39 is 56.5 Å². The Labute approximate surface area is 405 Å². The molecule has 4 aromatic carbocycles. The van der Waals surface area contributed by atoms with E-state index in [9.17, 15) is 9.59 Å². The summed E-state index contributed by atoms with van der Waals surface area (Å²) in [5.41, 5.74) is 3.30. The predicted molar refractivity (Wildman–Crippen MR) is 265 cm³/mol. The molecule has 5 unspecified atom stereocenters. The van der Waals surface area contributed by atoms with Gasteiger partial charge >= 0.3 is 13.1 Å². The number of rotatable bonds is 17. The smallest absolute Gasteiger partial charge is 0.482 e. The van der Waals surface area contributed by atoms with E-state index in [2.05, 4.69) is 36.5 Å². The van der Waals surface area contributed by atoms with E-state index in [1.807, 2.05) is 118 Å². The van der Waals surface area contributed by atoms with Crippen molar-refractivity contribution in [1.82, 2.24) is 20.2 Å². The molecule has 2 bridgehead atoms. The third-order valence-electron chi connectivity index (χ3n) is 14.0. The number of methoxy groups -OCH3 is 1. The van der Waals surface area contributed by atoms with Crippen molar-refractivity contribution in [3.8, 4) is 5.75 Å². The lowest BCUT2D eigenvalue weighted by Gasteiger charge is -2.64. The highest BCUT2D eigenvalue weighted by Gasteiger charge is 2.68. The molecule has 1 saturated heterocycles. The van der Waals surface area contributed by atoms with Gasteiger partial charge in [-0.1, -0.05) is 98.8 Å². The highest BCUT2D eigenvalue weighted by molar-refractivity contribution is 7.55. The van der Waals surface area contributed by atoms with Crippen molar-refractivity contribution in [2.24, 2.45) is 17.3 Å². The Morgan fingerprint density at radius 1 is 0.841 bits per heavy atom. The van der Waals surface area contributed by atoms with Gasteiger partial charge in [-0.3, -0.25) is 9.59 Å². The van der Waals surface area contributed by atoms with Crippen molar-refractivity contribution in [2.45, 2.75) is 103 Å². The fraction of sp³-hybridized carbons (Fsp3) is 0.370. The Bertz CT molecular complexity index is 2740. The third kappa shape index (κ3) is 10.4. The number of nitrogens with zero attached hydrogens (tertiary/aromatic N) is 2. The first-order valence-corrected chi connectivity index (χ1v) is 24.8. The molecule has 15 heteroatoms. The number of benzene rings is 4. The molecule has 358 valence electrons. The zero-order valence-corrected chi connectivity index (χ0v) is 41.1. The van der Waals surface area contributed by atoms with Gasteiger partial charge in [0.2, 0.25) is 14.3 Å². The van der Waals surface area contributed by atoms with Crippen molar-refractivity contribution < 1.29 is 42.2 Å². The summed E-state index contributed by atoms with van der Waals surface area (Å²) in [6.45, 7) is 12.8. The lowest BCUT2D eigenvalue weighted by molar-refractivity contribution is -0.199. The molecule has 1 aliphatic heterocycles. The largest absolute Gasteiger partial charge is 0.496 e. The molecule has 13 nitrogen and oxygen atoms in total. The zero-order chi connectivity index (χ0) is 48.5. The van der Waals surface area contributed by atoms with Crippen LogP contribution in [0.4, 0.5) is 0 Å². The highest BCUT2D eigenvalue weighted by atomic mass is 31.2. The number of nitrogens with one attached hydrogen (secondary N) is 2. The summed E-state index contributed by atoms with van der Waals surface area (Å²) in [4.78, 5) is 43.0. The fourth-order valence-corrected chi connectivity index (χ4v) is 11.5. The molecule has 4 fully saturated rings. The predicted octanol–water partition coefficient (Wildman–Crippen LogP) is 9.14. The average molecular weight is 951 g/mol. The van der Waals surface area contributed by atoms with Gasteiger partial charge in [-0.15, -0.1) is 0 Å². The fourth-order valence-electron chi connectivity index (χ4n) is 10.2. The van der Waals surface area contributed by atoms with Gasteiger partial charge in [-0.05, 0) is 123 Å². The summed E-state index contributed by atoms with van der Waals surface area (Å²) in [6, 6.07) is 36.7. The second kappa shape index (κ2) is 19.8. The molecule has 69 heavy (non-hydrogen) atoms. The SMILES string of the molecule is COc1c(CC(NC(=O)C(NC(=O)c2ccc3ccnn3c2)c2ccc(P(OCc3ccccc3)OCc3ccccc3)cc2)B2OC3CC4CC(C4(C)C)[C@]3(C)O2)cccc1C(=O)OC(C)(C)C. The van der Waals surface area contributed by atoms with Gasteiger partial charge in [0.05, 0.1) is 49.0 Å². The van der Waals surface area contributed by atoms with E-state index >= 15 is 4.79 Å². The van der Waals surface area contributed by atoms with Crippen LogP contribution >= 0.6 is 8.38 Å². The van der Waals surface area contributed by atoms with Gasteiger partial charge in [-0.25, -0.2) is 9.31 Å². The van der Waals surface area contributed by atoms with Gasteiger partial charge < -0.3 is 38.5 Å². The molecule has 4 aliphatic rings. The molecule has 2 N–H and O–H groups in total. The minimum atomic E-state index is -1.58. The Hall–Kier alpha value is -5.89. The molecule has 3 saturated carbocycles. The number of fused-ring (bicyclic) bond motifs is 1. The van der Waals surface area contributed by atoms with Crippen molar-refractivity contribution >= 4 is 44.1 Å². The molecule has 0 radical (unpaired) electrons. The topological polar surface area (TPSA) is 148 Å². The van der Waals surface area contributed by atoms with Gasteiger partial charge in [0.15, 0.2) is 0 Å². The lowest BCUT2D eigenvalue weighted by Crippen LogP contribution is -2.65. The molecule has 6 aromatic rings. The number of amides is 2. The van der Waals surface area contributed by atoms with Crippen molar-refractivity contribution in [3.05, 3.63) is 167 Å². The third-order valence-corrected chi connectivity index (χ3v) is 15.4. The van der Waals surface area contributed by atoms with E-state index in [1.165, 1.54) is 7.11 Å².